The quantitative estimate of drug-likeness (QED) is 0.811. The fraction of sp³-hybridized carbons (Fsp3) is 0.333. The summed E-state index contributed by atoms with van der Waals surface area (Å²) in [6.07, 6.45) is 0. The summed E-state index contributed by atoms with van der Waals surface area (Å²) >= 11 is 0. The Morgan fingerprint density at radius 2 is 2.06 bits per heavy atom. The smallest absolute Gasteiger partial charge is 0.335 e. The molecule has 0 radical (unpaired) electrons. The molecule has 6 heteroatoms. The monoisotopic (exact) mass is 254 g/mol. The van der Waals surface area contributed by atoms with Crippen molar-refractivity contribution < 1.29 is 19.1 Å². The standard InChI is InChI=1S/C12H15FN2O3/c1-15(2)11(16)7-14-6-9-5-8(12(17)18)3-4-10(9)13/h3-5,14H,6-7H2,1-2H3,(H,17,18). The maximum absolute atomic E-state index is 13.4. The number of nitrogens with zero attached hydrogens (tertiary/aromatic N) is 1. The predicted octanol–water partition coefficient (Wildman–Crippen LogP) is 0.702. The molecule has 0 unspecified atom stereocenters. The second-order valence-electron chi connectivity index (χ2n) is 4.00. The second-order valence-corrected chi connectivity index (χ2v) is 4.00. The van der Waals surface area contributed by atoms with E-state index in [1.54, 1.807) is 14.1 Å². The van der Waals surface area contributed by atoms with Gasteiger partial charge in [-0.3, -0.25) is 4.79 Å². The first-order chi connectivity index (χ1) is 8.41. The van der Waals surface area contributed by atoms with Gasteiger partial charge in [-0.05, 0) is 18.2 Å². The number of carbonyl (C=O) groups excluding carboxylic acids is 1. The van der Waals surface area contributed by atoms with E-state index in [1.165, 1.54) is 17.0 Å². The lowest BCUT2D eigenvalue weighted by Gasteiger charge is -2.11. The lowest BCUT2D eigenvalue weighted by atomic mass is 10.1. The summed E-state index contributed by atoms with van der Waals surface area (Å²) in [5, 5.41) is 11.5. The third kappa shape index (κ3) is 3.81. The number of carboxylic acids is 1. The first-order valence-corrected chi connectivity index (χ1v) is 5.34. The van der Waals surface area contributed by atoms with Crippen LogP contribution in [0.4, 0.5) is 4.39 Å². The molecule has 1 amide bonds. The summed E-state index contributed by atoms with van der Waals surface area (Å²) in [4.78, 5) is 23.4. The van der Waals surface area contributed by atoms with E-state index in [0.717, 1.165) is 6.07 Å². The molecule has 0 saturated heterocycles. The van der Waals surface area contributed by atoms with Gasteiger partial charge in [0.2, 0.25) is 5.91 Å². The van der Waals surface area contributed by atoms with Crippen LogP contribution >= 0.6 is 0 Å². The Hall–Kier alpha value is -1.95. The van der Waals surface area contributed by atoms with Crippen LogP contribution in [0.5, 0.6) is 0 Å². The number of likely N-dealkylation sites (N-methyl/N-ethyl adjacent to an activating group) is 1. The number of carboxylic acid groups (broad SMARTS) is 1. The fourth-order valence-corrected chi connectivity index (χ4v) is 1.31. The van der Waals surface area contributed by atoms with Crippen molar-refractivity contribution in [3.05, 3.63) is 35.1 Å². The van der Waals surface area contributed by atoms with Crippen molar-refractivity contribution in [1.82, 2.24) is 10.2 Å². The molecule has 0 bridgehead atoms. The number of halogens is 1. The van der Waals surface area contributed by atoms with E-state index in [0.29, 0.717) is 0 Å². The van der Waals surface area contributed by atoms with Gasteiger partial charge in [0.25, 0.3) is 0 Å². The molecule has 0 saturated carbocycles. The van der Waals surface area contributed by atoms with E-state index in [9.17, 15) is 14.0 Å². The van der Waals surface area contributed by atoms with Crippen LogP contribution in [-0.2, 0) is 11.3 Å². The zero-order chi connectivity index (χ0) is 13.7. The molecule has 5 nitrogen and oxygen atoms in total. The average Bonchev–Trinajstić information content (AvgIpc) is 2.30. The van der Waals surface area contributed by atoms with Crippen molar-refractivity contribution in [2.24, 2.45) is 0 Å². The molecule has 0 spiro atoms. The molecule has 1 aromatic rings. The highest BCUT2D eigenvalue weighted by Crippen LogP contribution is 2.10. The largest absolute Gasteiger partial charge is 0.478 e. The Morgan fingerprint density at radius 3 is 2.61 bits per heavy atom. The molecule has 0 aliphatic heterocycles. The number of rotatable bonds is 5. The maximum Gasteiger partial charge on any atom is 0.335 e. The number of carbonyl (C=O) groups is 2. The number of aromatic carboxylic acids is 1. The molecule has 0 fully saturated rings. The third-order valence-corrected chi connectivity index (χ3v) is 2.38. The Morgan fingerprint density at radius 1 is 1.39 bits per heavy atom. The van der Waals surface area contributed by atoms with Crippen molar-refractivity contribution in [1.29, 1.82) is 0 Å². The molecule has 2 N–H and O–H groups in total. The zero-order valence-electron chi connectivity index (χ0n) is 10.2. The summed E-state index contributed by atoms with van der Waals surface area (Å²) in [5.41, 5.74) is 0.244. The molecular weight excluding hydrogens is 239 g/mol. The van der Waals surface area contributed by atoms with E-state index < -0.39 is 11.8 Å². The van der Waals surface area contributed by atoms with Crippen LogP contribution < -0.4 is 5.32 Å². The maximum atomic E-state index is 13.4. The van der Waals surface area contributed by atoms with E-state index >= 15 is 0 Å². The van der Waals surface area contributed by atoms with Gasteiger partial charge >= 0.3 is 5.97 Å². The Kier molecular flexibility index (Phi) is 4.79. The first kappa shape index (κ1) is 14.1. The minimum absolute atomic E-state index is 0.0205. The number of benzene rings is 1. The van der Waals surface area contributed by atoms with Gasteiger partial charge in [0.05, 0.1) is 12.1 Å². The predicted molar refractivity (Wildman–Crippen MR) is 63.8 cm³/mol. The summed E-state index contributed by atoms with van der Waals surface area (Å²) in [6.45, 7) is 0.177. The molecule has 18 heavy (non-hydrogen) atoms. The van der Waals surface area contributed by atoms with Crippen molar-refractivity contribution >= 4 is 11.9 Å². The molecule has 0 aliphatic rings. The normalized spacial score (nSPS) is 10.2. The van der Waals surface area contributed by atoms with E-state index in [4.69, 9.17) is 5.11 Å². The molecule has 0 heterocycles. The number of hydrogen-bond acceptors (Lipinski definition) is 3. The average molecular weight is 254 g/mol. The van der Waals surface area contributed by atoms with Crippen molar-refractivity contribution in [2.45, 2.75) is 6.54 Å². The molecule has 1 rings (SSSR count). The van der Waals surface area contributed by atoms with Gasteiger partial charge in [-0.15, -0.1) is 0 Å². The molecule has 0 atom stereocenters. The van der Waals surface area contributed by atoms with Gasteiger partial charge in [-0.1, -0.05) is 0 Å². The Bertz CT molecular complexity index is 461. The Labute approximate surface area is 104 Å². The molecule has 0 aliphatic carbocycles. The number of nitrogens with one attached hydrogen (secondary N) is 1. The highest BCUT2D eigenvalue weighted by Gasteiger charge is 2.09. The minimum Gasteiger partial charge on any atom is -0.478 e. The summed E-state index contributed by atoms with van der Waals surface area (Å²) < 4.78 is 13.4. The highest BCUT2D eigenvalue weighted by atomic mass is 19.1. The van der Waals surface area contributed by atoms with Crippen molar-refractivity contribution in [2.75, 3.05) is 20.6 Å². The number of hydrogen-bond donors (Lipinski definition) is 2. The molecule has 98 valence electrons. The van der Waals surface area contributed by atoms with E-state index in [2.05, 4.69) is 5.32 Å². The van der Waals surface area contributed by atoms with Crippen LogP contribution in [0, 0.1) is 5.82 Å². The van der Waals surface area contributed by atoms with E-state index in [-0.39, 0.29) is 30.1 Å². The second kappa shape index (κ2) is 6.11. The third-order valence-electron chi connectivity index (χ3n) is 2.38. The van der Waals surface area contributed by atoms with Gasteiger partial charge in [-0.2, -0.15) is 0 Å². The zero-order valence-corrected chi connectivity index (χ0v) is 10.2. The first-order valence-electron chi connectivity index (χ1n) is 5.34. The van der Waals surface area contributed by atoms with Crippen LogP contribution in [0.3, 0.4) is 0 Å². The van der Waals surface area contributed by atoms with Crippen molar-refractivity contribution in [3.8, 4) is 0 Å². The fourth-order valence-electron chi connectivity index (χ4n) is 1.31. The van der Waals surface area contributed by atoms with Gasteiger partial charge in [0.1, 0.15) is 5.82 Å². The SMILES string of the molecule is CN(C)C(=O)CNCc1cc(C(=O)O)ccc1F. The summed E-state index contributed by atoms with van der Waals surface area (Å²) in [5.74, 6) is -1.74. The van der Waals surface area contributed by atoms with E-state index in [1.807, 2.05) is 0 Å². The van der Waals surface area contributed by atoms with Crippen LogP contribution in [0.2, 0.25) is 0 Å². The van der Waals surface area contributed by atoms with Crippen LogP contribution in [-0.4, -0.2) is 42.5 Å². The lowest BCUT2D eigenvalue weighted by molar-refractivity contribution is -0.127. The summed E-state index contributed by atoms with van der Waals surface area (Å²) in [7, 11) is 3.24. The lowest BCUT2D eigenvalue weighted by Crippen LogP contribution is -2.32. The van der Waals surface area contributed by atoms with Gasteiger partial charge in [-0.25, -0.2) is 9.18 Å². The molecule has 1 aromatic carbocycles. The highest BCUT2D eigenvalue weighted by molar-refractivity contribution is 5.87. The molecule has 0 aromatic heterocycles. The van der Waals surface area contributed by atoms with Crippen LogP contribution in [0.25, 0.3) is 0 Å². The topological polar surface area (TPSA) is 69.6 Å². The molecular formula is C12H15FN2O3. The van der Waals surface area contributed by atoms with Gasteiger partial charge < -0.3 is 15.3 Å². The minimum atomic E-state index is -1.11. The van der Waals surface area contributed by atoms with Gasteiger partial charge in [0, 0.05) is 26.2 Å². The summed E-state index contributed by atoms with van der Waals surface area (Å²) in [6, 6.07) is 3.56. The number of amides is 1. The van der Waals surface area contributed by atoms with Gasteiger partial charge in [0.15, 0.2) is 0 Å². The van der Waals surface area contributed by atoms with Crippen molar-refractivity contribution in [3.63, 3.8) is 0 Å². The van der Waals surface area contributed by atoms with Crippen LogP contribution in [0.1, 0.15) is 15.9 Å². The van der Waals surface area contributed by atoms with Crippen LogP contribution in [0.15, 0.2) is 18.2 Å². The Balaban J connectivity index is 2.64.